The number of carbonyl (C=O) groups is 3. The SMILES string of the molecule is CN1CC(=O)N2C(CN(Cc3ccncc3)C(=O)[C@@H]2Cc2ccc(O)cc2)N1C(=O)NCc1ccccc1C(F)(F)F. The van der Waals surface area contributed by atoms with Crippen LogP contribution in [0, 0.1) is 0 Å². The van der Waals surface area contributed by atoms with Crippen LogP contribution < -0.4 is 5.32 Å². The predicted octanol–water partition coefficient (Wildman–Crippen LogP) is 2.99. The van der Waals surface area contributed by atoms with Crippen LogP contribution in [0.25, 0.3) is 0 Å². The van der Waals surface area contributed by atoms with Gasteiger partial charge in [0, 0.05) is 39.0 Å². The number of phenols is 1. The highest BCUT2D eigenvalue weighted by molar-refractivity contribution is 5.91. The van der Waals surface area contributed by atoms with Gasteiger partial charge in [-0.25, -0.2) is 14.8 Å². The molecule has 2 aromatic carbocycles. The number of hydrogen-bond donors (Lipinski definition) is 2. The Kier molecular flexibility index (Phi) is 8.03. The minimum Gasteiger partial charge on any atom is -0.508 e. The second-order valence-electron chi connectivity index (χ2n) is 10.2. The lowest BCUT2D eigenvalue weighted by atomic mass is 9.98. The van der Waals surface area contributed by atoms with Gasteiger partial charge in [0.2, 0.25) is 11.8 Å². The molecule has 0 spiro atoms. The van der Waals surface area contributed by atoms with E-state index >= 15 is 0 Å². The molecule has 0 saturated carbocycles. The van der Waals surface area contributed by atoms with Gasteiger partial charge in [-0.1, -0.05) is 30.3 Å². The largest absolute Gasteiger partial charge is 0.508 e. The minimum atomic E-state index is -4.59. The number of nitrogens with one attached hydrogen (secondary N) is 1. The molecule has 13 heteroatoms. The summed E-state index contributed by atoms with van der Waals surface area (Å²) < 4.78 is 40.6. The number of urea groups is 1. The van der Waals surface area contributed by atoms with Crippen LogP contribution in [0.1, 0.15) is 22.3 Å². The molecule has 10 nitrogen and oxygen atoms in total. The summed E-state index contributed by atoms with van der Waals surface area (Å²) >= 11 is 0. The highest BCUT2D eigenvalue weighted by atomic mass is 19.4. The van der Waals surface area contributed by atoms with Crippen LogP contribution in [-0.4, -0.2) is 80.1 Å². The molecule has 2 aliphatic heterocycles. The molecular weight excluding hydrogens is 553 g/mol. The van der Waals surface area contributed by atoms with Crippen molar-refractivity contribution in [3.05, 3.63) is 95.3 Å². The Morgan fingerprint density at radius 3 is 2.40 bits per heavy atom. The highest BCUT2D eigenvalue weighted by Gasteiger charge is 2.50. The summed E-state index contributed by atoms with van der Waals surface area (Å²) in [6.45, 7) is -0.428. The van der Waals surface area contributed by atoms with E-state index in [0.717, 1.165) is 11.6 Å². The number of rotatable bonds is 6. The van der Waals surface area contributed by atoms with Gasteiger partial charge in [-0.15, -0.1) is 0 Å². The number of alkyl halides is 3. The number of carbonyl (C=O) groups excluding carboxylic acids is 3. The van der Waals surface area contributed by atoms with Crippen molar-refractivity contribution in [3.63, 3.8) is 0 Å². The summed E-state index contributed by atoms with van der Waals surface area (Å²) in [5, 5.41) is 15.0. The molecule has 2 saturated heterocycles. The molecule has 4 amide bonds. The van der Waals surface area contributed by atoms with Crippen LogP contribution in [0.5, 0.6) is 5.75 Å². The lowest BCUT2D eigenvalue weighted by molar-refractivity contribution is -0.187. The van der Waals surface area contributed by atoms with E-state index in [0.29, 0.717) is 5.56 Å². The zero-order chi connectivity index (χ0) is 30.0. The van der Waals surface area contributed by atoms with Crippen LogP contribution in [0.15, 0.2) is 73.1 Å². The van der Waals surface area contributed by atoms with E-state index in [-0.39, 0.29) is 49.2 Å². The number of nitrogens with zero attached hydrogens (tertiary/aromatic N) is 5. The zero-order valence-corrected chi connectivity index (χ0v) is 22.7. The first kappa shape index (κ1) is 28.9. The number of fused-ring (bicyclic) bond motifs is 1. The van der Waals surface area contributed by atoms with Crippen molar-refractivity contribution in [2.24, 2.45) is 0 Å². The number of phenolic OH excluding ortho intramolecular Hbond substituents is 1. The first-order valence-electron chi connectivity index (χ1n) is 13.2. The van der Waals surface area contributed by atoms with Gasteiger partial charge < -0.3 is 20.2 Å². The van der Waals surface area contributed by atoms with E-state index in [1.165, 1.54) is 52.3 Å². The van der Waals surface area contributed by atoms with Gasteiger partial charge in [0.05, 0.1) is 18.7 Å². The fourth-order valence-electron chi connectivity index (χ4n) is 5.41. The van der Waals surface area contributed by atoms with Crippen LogP contribution >= 0.6 is 0 Å². The maximum Gasteiger partial charge on any atom is 0.416 e. The average molecular weight is 583 g/mol. The number of aromatic nitrogens is 1. The van der Waals surface area contributed by atoms with E-state index < -0.39 is 36.5 Å². The number of aromatic hydroxyl groups is 1. The number of halogens is 3. The molecular formula is C29H29F3N6O4. The predicted molar refractivity (Wildman–Crippen MR) is 144 cm³/mol. The molecule has 2 fully saturated rings. The van der Waals surface area contributed by atoms with E-state index in [1.807, 2.05) is 0 Å². The monoisotopic (exact) mass is 582 g/mol. The third kappa shape index (κ3) is 6.00. The molecule has 0 aliphatic carbocycles. The smallest absolute Gasteiger partial charge is 0.416 e. The van der Waals surface area contributed by atoms with E-state index in [4.69, 9.17) is 0 Å². The number of amides is 4. The molecule has 220 valence electrons. The summed E-state index contributed by atoms with van der Waals surface area (Å²) in [4.78, 5) is 47.7. The minimum absolute atomic E-state index is 0.0180. The van der Waals surface area contributed by atoms with E-state index in [9.17, 15) is 32.7 Å². The second kappa shape index (κ2) is 11.7. The number of benzene rings is 2. The lowest BCUT2D eigenvalue weighted by Crippen LogP contribution is -2.76. The maximum absolute atomic E-state index is 13.8. The summed E-state index contributed by atoms with van der Waals surface area (Å²) in [6, 6.07) is 13.1. The molecule has 3 aromatic rings. The van der Waals surface area contributed by atoms with Gasteiger partial charge in [-0.3, -0.25) is 14.6 Å². The number of hydrazine groups is 1. The maximum atomic E-state index is 13.8. The topological polar surface area (TPSA) is 109 Å². The standard InChI is InChI=1S/C29H29F3N6O4/c1-35-18-26(40)37-24(14-19-6-8-22(39)9-7-19)27(41)36(16-20-10-12-33-13-11-20)17-25(37)38(35)28(42)34-15-21-4-2-3-5-23(21)29(30,31)32/h2-13,24-25,39H,14-18H2,1H3,(H,34,42)/t24-,25?/m0/s1. The molecule has 1 unspecified atom stereocenters. The Bertz CT molecular complexity index is 1450. The van der Waals surface area contributed by atoms with Crippen molar-refractivity contribution in [1.82, 2.24) is 30.1 Å². The van der Waals surface area contributed by atoms with Crippen molar-refractivity contribution in [1.29, 1.82) is 0 Å². The summed E-state index contributed by atoms with van der Waals surface area (Å²) in [5.74, 6) is -0.625. The molecule has 5 rings (SSSR count). The van der Waals surface area contributed by atoms with Crippen molar-refractivity contribution in [2.45, 2.75) is 37.9 Å². The number of likely N-dealkylation sites (N-methyl/N-ethyl adjacent to an activating group) is 1. The van der Waals surface area contributed by atoms with Crippen molar-refractivity contribution in [3.8, 4) is 5.75 Å². The lowest BCUT2D eigenvalue weighted by Gasteiger charge is -2.54. The van der Waals surface area contributed by atoms with Gasteiger partial charge in [0.25, 0.3) is 0 Å². The van der Waals surface area contributed by atoms with Gasteiger partial charge in [-0.05, 0) is 47.0 Å². The first-order valence-corrected chi connectivity index (χ1v) is 13.2. The average Bonchev–Trinajstić information content (AvgIpc) is 2.95. The molecule has 1 aromatic heterocycles. The van der Waals surface area contributed by atoms with Crippen LogP contribution in [0.2, 0.25) is 0 Å². The summed E-state index contributed by atoms with van der Waals surface area (Å²) in [6.07, 6.45) is -2.19. The fraction of sp³-hybridized carbons (Fsp3) is 0.310. The summed E-state index contributed by atoms with van der Waals surface area (Å²) in [7, 11) is 1.54. The molecule has 2 N–H and O–H groups in total. The number of piperazine rings is 1. The first-order chi connectivity index (χ1) is 20.0. The Labute approximate surface area is 239 Å². The van der Waals surface area contributed by atoms with Crippen molar-refractivity contribution < 1.29 is 32.7 Å². The van der Waals surface area contributed by atoms with Gasteiger partial charge in [0.15, 0.2) is 0 Å². The molecule has 42 heavy (non-hydrogen) atoms. The molecule has 2 aliphatic rings. The molecule has 3 heterocycles. The second-order valence-corrected chi connectivity index (χ2v) is 10.2. The van der Waals surface area contributed by atoms with Crippen LogP contribution in [0.4, 0.5) is 18.0 Å². The third-order valence-corrected chi connectivity index (χ3v) is 7.39. The number of hydrogen-bond acceptors (Lipinski definition) is 6. The zero-order valence-electron chi connectivity index (χ0n) is 22.7. The highest BCUT2D eigenvalue weighted by Crippen LogP contribution is 2.32. The summed E-state index contributed by atoms with van der Waals surface area (Å²) in [5.41, 5.74) is 0.539. The molecule has 0 radical (unpaired) electrons. The Morgan fingerprint density at radius 2 is 1.71 bits per heavy atom. The van der Waals surface area contributed by atoms with E-state index in [1.54, 1.807) is 41.6 Å². The Morgan fingerprint density at radius 1 is 1.02 bits per heavy atom. The molecule has 0 bridgehead atoms. The fourth-order valence-corrected chi connectivity index (χ4v) is 5.41. The van der Waals surface area contributed by atoms with Gasteiger partial charge in [-0.2, -0.15) is 13.2 Å². The Hall–Kier alpha value is -4.65. The quantitative estimate of drug-likeness (QED) is 0.463. The van der Waals surface area contributed by atoms with Crippen molar-refractivity contribution >= 4 is 17.8 Å². The van der Waals surface area contributed by atoms with Crippen molar-refractivity contribution in [2.75, 3.05) is 20.1 Å². The van der Waals surface area contributed by atoms with Gasteiger partial charge in [0.1, 0.15) is 18.0 Å². The van der Waals surface area contributed by atoms with E-state index in [2.05, 4.69) is 10.3 Å². The van der Waals surface area contributed by atoms with Gasteiger partial charge >= 0.3 is 12.2 Å². The Balaban J connectivity index is 1.45. The normalized spacial score (nSPS) is 19.6. The van der Waals surface area contributed by atoms with Crippen LogP contribution in [0.3, 0.4) is 0 Å². The third-order valence-electron chi connectivity index (χ3n) is 7.39. The van der Waals surface area contributed by atoms with Crippen LogP contribution in [-0.2, 0) is 35.3 Å². The molecule has 2 atom stereocenters. The number of pyridine rings is 1.